The lowest BCUT2D eigenvalue weighted by Gasteiger charge is -2.36. The third kappa shape index (κ3) is 2.39. The molecule has 3 aliphatic rings. The Labute approximate surface area is 180 Å². The third-order valence-electron chi connectivity index (χ3n) is 7.49. The zero-order valence-corrected chi connectivity index (χ0v) is 19.1. The van der Waals surface area contributed by atoms with Gasteiger partial charge < -0.3 is 19.6 Å². The Hall–Kier alpha value is -2.88. The number of benzene rings is 2. The standard InChI is InChI=1S/C26H32N4/c1-17-23(29-14-12-27(6)18(29)2)16-21-20-10-8-9-11-22(20)26(4,5)24(21)25(17)30-15-13-28(7)19(30)3/h8-16,18-19H,1-7H3/t18-,19+/m1/s1. The van der Waals surface area contributed by atoms with Crippen molar-refractivity contribution in [1.29, 1.82) is 0 Å². The summed E-state index contributed by atoms with van der Waals surface area (Å²) in [6, 6.07) is 11.4. The normalized spacial score (nSPS) is 23.6. The Bertz CT molecular complexity index is 1080. The second-order valence-corrected chi connectivity index (χ2v) is 9.47. The molecule has 0 aromatic heterocycles. The molecule has 1 aliphatic carbocycles. The van der Waals surface area contributed by atoms with Gasteiger partial charge in [-0.25, -0.2) is 0 Å². The van der Waals surface area contributed by atoms with Crippen LogP contribution >= 0.6 is 0 Å². The van der Waals surface area contributed by atoms with Crippen molar-refractivity contribution in [3.63, 3.8) is 0 Å². The molecule has 0 N–H and O–H groups in total. The molecule has 2 aliphatic heterocycles. The molecule has 0 fully saturated rings. The molecule has 0 amide bonds. The highest BCUT2D eigenvalue weighted by Crippen LogP contribution is 2.56. The lowest BCUT2D eigenvalue weighted by Crippen LogP contribution is -2.37. The molecule has 2 aromatic carbocycles. The minimum atomic E-state index is -0.0392. The van der Waals surface area contributed by atoms with Crippen molar-refractivity contribution in [1.82, 2.24) is 9.80 Å². The average molecular weight is 401 g/mol. The summed E-state index contributed by atoms with van der Waals surface area (Å²) >= 11 is 0. The molecule has 2 aromatic rings. The van der Waals surface area contributed by atoms with Gasteiger partial charge in [0.15, 0.2) is 0 Å². The van der Waals surface area contributed by atoms with E-state index in [-0.39, 0.29) is 11.6 Å². The van der Waals surface area contributed by atoms with E-state index in [4.69, 9.17) is 0 Å². The summed E-state index contributed by atoms with van der Waals surface area (Å²) in [6.07, 6.45) is 9.40. The first kappa shape index (κ1) is 19.1. The minimum absolute atomic E-state index is 0.0392. The fourth-order valence-corrected chi connectivity index (χ4v) is 5.37. The van der Waals surface area contributed by atoms with Crippen molar-refractivity contribution in [2.45, 2.75) is 52.4 Å². The molecule has 5 rings (SSSR count). The van der Waals surface area contributed by atoms with Gasteiger partial charge in [0.1, 0.15) is 12.3 Å². The number of hydrogen-bond acceptors (Lipinski definition) is 4. The zero-order valence-electron chi connectivity index (χ0n) is 19.1. The van der Waals surface area contributed by atoms with Crippen LogP contribution in [-0.2, 0) is 5.41 Å². The van der Waals surface area contributed by atoms with Crippen molar-refractivity contribution in [3.05, 3.63) is 71.8 Å². The molecule has 156 valence electrons. The van der Waals surface area contributed by atoms with E-state index in [1.54, 1.807) is 0 Å². The van der Waals surface area contributed by atoms with Crippen LogP contribution in [0.1, 0.15) is 44.4 Å². The highest BCUT2D eigenvalue weighted by molar-refractivity contribution is 5.92. The number of hydrogen-bond donors (Lipinski definition) is 0. The highest BCUT2D eigenvalue weighted by Gasteiger charge is 2.41. The average Bonchev–Trinajstić information content (AvgIpc) is 3.30. The van der Waals surface area contributed by atoms with Gasteiger partial charge in [0, 0.05) is 50.0 Å². The molecule has 0 bridgehead atoms. The van der Waals surface area contributed by atoms with Crippen LogP contribution in [0.5, 0.6) is 0 Å². The molecule has 2 atom stereocenters. The Morgan fingerprint density at radius 1 is 0.800 bits per heavy atom. The van der Waals surface area contributed by atoms with E-state index in [0.29, 0.717) is 6.17 Å². The Morgan fingerprint density at radius 3 is 2.00 bits per heavy atom. The summed E-state index contributed by atoms with van der Waals surface area (Å²) in [5, 5.41) is 0. The molecular weight excluding hydrogens is 368 g/mol. The van der Waals surface area contributed by atoms with Gasteiger partial charge >= 0.3 is 0 Å². The number of anilines is 2. The summed E-state index contributed by atoms with van der Waals surface area (Å²) in [4.78, 5) is 9.40. The van der Waals surface area contributed by atoms with Crippen LogP contribution in [0.15, 0.2) is 55.1 Å². The molecule has 0 saturated carbocycles. The number of rotatable bonds is 2. The largest absolute Gasteiger partial charge is 0.359 e. The maximum Gasteiger partial charge on any atom is 0.102 e. The first-order chi connectivity index (χ1) is 14.2. The lowest BCUT2D eigenvalue weighted by molar-refractivity contribution is 0.380. The van der Waals surface area contributed by atoms with E-state index in [2.05, 4.69) is 123 Å². The van der Waals surface area contributed by atoms with Gasteiger partial charge in [-0.3, -0.25) is 0 Å². The van der Waals surface area contributed by atoms with Crippen molar-refractivity contribution in [3.8, 4) is 11.1 Å². The summed E-state index contributed by atoms with van der Waals surface area (Å²) in [5.41, 5.74) is 9.55. The topological polar surface area (TPSA) is 13.0 Å². The van der Waals surface area contributed by atoms with Gasteiger partial charge in [-0.05, 0) is 54.7 Å². The van der Waals surface area contributed by atoms with E-state index in [9.17, 15) is 0 Å². The first-order valence-electron chi connectivity index (χ1n) is 10.9. The van der Waals surface area contributed by atoms with E-state index < -0.39 is 0 Å². The Balaban J connectivity index is 1.82. The minimum Gasteiger partial charge on any atom is -0.359 e. The Kier molecular flexibility index (Phi) is 4.02. The molecule has 0 spiro atoms. The molecule has 0 unspecified atom stereocenters. The molecule has 0 saturated heterocycles. The maximum absolute atomic E-state index is 2.46. The van der Waals surface area contributed by atoms with Crippen LogP contribution < -0.4 is 9.80 Å². The summed E-state index contributed by atoms with van der Waals surface area (Å²) < 4.78 is 0. The summed E-state index contributed by atoms with van der Waals surface area (Å²) in [7, 11) is 4.30. The van der Waals surface area contributed by atoms with E-state index in [0.717, 1.165) is 0 Å². The van der Waals surface area contributed by atoms with Gasteiger partial charge in [-0.15, -0.1) is 0 Å². The van der Waals surface area contributed by atoms with Crippen molar-refractivity contribution in [2.24, 2.45) is 0 Å². The van der Waals surface area contributed by atoms with Gasteiger partial charge in [-0.2, -0.15) is 0 Å². The van der Waals surface area contributed by atoms with Crippen molar-refractivity contribution < 1.29 is 0 Å². The lowest BCUT2D eigenvalue weighted by atomic mass is 9.80. The predicted molar refractivity (Wildman–Crippen MR) is 126 cm³/mol. The molecule has 2 heterocycles. The quantitative estimate of drug-likeness (QED) is 0.665. The molecule has 4 heteroatoms. The van der Waals surface area contributed by atoms with Crippen LogP contribution in [0.3, 0.4) is 0 Å². The molecular formula is C26H32N4. The SMILES string of the molecule is Cc1c(N2C=CN(C)[C@H]2C)cc2c(c1N1C=CN(C)[C@@H]1C)C(C)(C)c1ccccc1-2. The van der Waals surface area contributed by atoms with Crippen LogP contribution in [-0.4, -0.2) is 36.2 Å². The van der Waals surface area contributed by atoms with Crippen molar-refractivity contribution >= 4 is 11.4 Å². The van der Waals surface area contributed by atoms with Gasteiger partial charge in [0.2, 0.25) is 0 Å². The van der Waals surface area contributed by atoms with Gasteiger partial charge in [0.25, 0.3) is 0 Å². The van der Waals surface area contributed by atoms with Crippen LogP contribution in [0.4, 0.5) is 11.4 Å². The second kappa shape index (κ2) is 6.31. The summed E-state index contributed by atoms with van der Waals surface area (Å²) in [6.45, 7) is 11.6. The van der Waals surface area contributed by atoms with E-state index in [1.165, 1.54) is 39.2 Å². The smallest absolute Gasteiger partial charge is 0.102 e. The number of nitrogens with zero attached hydrogens (tertiary/aromatic N) is 4. The molecule has 30 heavy (non-hydrogen) atoms. The Morgan fingerprint density at radius 2 is 1.40 bits per heavy atom. The highest BCUT2D eigenvalue weighted by atomic mass is 15.4. The zero-order chi connectivity index (χ0) is 21.4. The fourth-order valence-electron chi connectivity index (χ4n) is 5.37. The van der Waals surface area contributed by atoms with Gasteiger partial charge in [-0.1, -0.05) is 38.1 Å². The predicted octanol–water partition coefficient (Wildman–Crippen LogP) is 5.44. The van der Waals surface area contributed by atoms with Crippen molar-refractivity contribution in [2.75, 3.05) is 23.9 Å². The van der Waals surface area contributed by atoms with E-state index in [1.807, 2.05) is 0 Å². The molecule has 4 nitrogen and oxygen atoms in total. The molecule has 0 radical (unpaired) electrons. The monoisotopic (exact) mass is 400 g/mol. The van der Waals surface area contributed by atoms with Crippen LogP contribution in [0, 0.1) is 6.92 Å². The first-order valence-corrected chi connectivity index (χ1v) is 10.9. The van der Waals surface area contributed by atoms with E-state index >= 15 is 0 Å². The van der Waals surface area contributed by atoms with Crippen LogP contribution in [0.25, 0.3) is 11.1 Å². The fraction of sp³-hybridized carbons (Fsp3) is 0.385. The van der Waals surface area contributed by atoms with Crippen LogP contribution in [0.2, 0.25) is 0 Å². The third-order valence-corrected chi connectivity index (χ3v) is 7.49. The second-order valence-electron chi connectivity index (χ2n) is 9.47. The van der Waals surface area contributed by atoms with Gasteiger partial charge in [0.05, 0.1) is 5.69 Å². The summed E-state index contributed by atoms with van der Waals surface area (Å²) in [5.74, 6) is 0. The maximum atomic E-state index is 2.46. The number of fused-ring (bicyclic) bond motifs is 3.